The number of piperidine rings is 1. The molecule has 1 heterocycles. The highest BCUT2D eigenvalue weighted by Crippen LogP contribution is 2.34. The van der Waals surface area contributed by atoms with Gasteiger partial charge in [0.05, 0.1) is 6.54 Å². The van der Waals surface area contributed by atoms with Gasteiger partial charge in [0.15, 0.2) is 0 Å². The molecule has 0 aromatic heterocycles. The van der Waals surface area contributed by atoms with Crippen molar-refractivity contribution in [3.8, 4) is 0 Å². The van der Waals surface area contributed by atoms with Crippen molar-refractivity contribution in [1.29, 1.82) is 0 Å². The smallest absolute Gasteiger partial charge is 0.263 e. The fraction of sp³-hybridized carbons (Fsp3) is 1.00. The first-order chi connectivity index (χ1) is 5.60. The molecule has 1 fully saturated rings. The minimum absolute atomic E-state index is 0.0397. The van der Waals surface area contributed by atoms with Crippen molar-refractivity contribution < 1.29 is 8.78 Å². The molecule has 1 aliphatic rings. The van der Waals surface area contributed by atoms with Gasteiger partial charge in [0.2, 0.25) is 0 Å². The van der Waals surface area contributed by atoms with E-state index >= 15 is 0 Å². The Bertz CT molecular complexity index is 147. The van der Waals surface area contributed by atoms with Crippen molar-refractivity contribution in [2.75, 3.05) is 19.6 Å². The number of hydrogen-bond acceptors (Lipinski definition) is 1. The van der Waals surface area contributed by atoms with Crippen LogP contribution in [0.5, 0.6) is 0 Å². The van der Waals surface area contributed by atoms with Crippen molar-refractivity contribution in [3.63, 3.8) is 0 Å². The summed E-state index contributed by atoms with van der Waals surface area (Å²) >= 11 is 0. The Kier molecular flexibility index (Phi) is 3.04. The molecular weight excluding hydrogens is 160 g/mol. The molecule has 1 nitrogen and oxygen atoms in total. The maximum atomic E-state index is 13.3. The maximum absolute atomic E-state index is 13.3. The molecular formula is C9H17F2N. The Morgan fingerprint density at radius 3 is 2.50 bits per heavy atom. The Morgan fingerprint density at radius 1 is 1.42 bits per heavy atom. The predicted octanol–water partition coefficient (Wildman–Crippen LogP) is 2.37. The van der Waals surface area contributed by atoms with E-state index in [-0.39, 0.29) is 12.5 Å². The van der Waals surface area contributed by atoms with Crippen LogP contribution in [0.15, 0.2) is 0 Å². The van der Waals surface area contributed by atoms with Gasteiger partial charge < -0.3 is 0 Å². The third-order valence-corrected chi connectivity index (χ3v) is 2.77. The molecule has 0 aromatic carbocycles. The highest BCUT2D eigenvalue weighted by Gasteiger charge is 2.42. The second kappa shape index (κ2) is 3.69. The molecule has 1 aliphatic heterocycles. The van der Waals surface area contributed by atoms with E-state index in [2.05, 4.69) is 0 Å². The van der Waals surface area contributed by atoms with Gasteiger partial charge in [-0.15, -0.1) is 0 Å². The Morgan fingerprint density at radius 2 is 2.08 bits per heavy atom. The van der Waals surface area contributed by atoms with Crippen LogP contribution in [0.25, 0.3) is 0 Å². The van der Waals surface area contributed by atoms with E-state index in [0.29, 0.717) is 12.8 Å². The van der Waals surface area contributed by atoms with E-state index in [4.69, 9.17) is 0 Å². The number of likely N-dealkylation sites (tertiary alicyclic amines) is 1. The van der Waals surface area contributed by atoms with Crippen LogP contribution in [0, 0.1) is 5.92 Å². The van der Waals surface area contributed by atoms with Gasteiger partial charge in [0.25, 0.3) is 5.92 Å². The first-order valence-electron chi connectivity index (χ1n) is 4.70. The molecule has 0 amide bonds. The van der Waals surface area contributed by atoms with Crippen molar-refractivity contribution in [2.24, 2.45) is 5.92 Å². The summed E-state index contributed by atoms with van der Waals surface area (Å²) in [7, 11) is 0. The molecule has 0 aliphatic carbocycles. The van der Waals surface area contributed by atoms with Crippen LogP contribution in [0.3, 0.4) is 0 Å². The van der Waals surface area contributed by atoms with Crippen LogP contribution in [0.4, 0.5) is 8.78 Å². The molecule has 0 radical (unpaired) electrons. The third-order valence-electron chi connectivity index (χ3n) is 2.77. The average Bonchev–Trinajstić information content (AvgIpc) is 2.02. The summed E-state index contributed by atoms with van der Waals surface area (Å²) in [5.41, 5.74) is 0. The van der Waals surface area contributed by atoms with E-state index in [1.807, 2.05) is 18.7 Å². The zero-order valence-corrected chi connectivity index (χ0v) is 7.82. The monoisotopic (exact) mass is 177 g/mol. The van der Waals surface area contributed by atoms with Gasteiger partial charge in [-0.1, -0.05) is 13.8 Å². The molecule has 1 rings (SSSR count). The summed E-state index contributed by atoms with van der Waals surface area (Å²) in [4.78, 5) is 1.83. The highest BCUT2D eigenvalue weighted by atomic mass is 19.3. The number of alkyl halides is 2. The molecule has 0 bridgehead atoms. The van der Waals surface area contributed by atoms with Crippen molar-refractivity contribution in [1.82, 2.24) is 4.90 Å². The van der Waals surface area contributed by atoms with Crippen LogP contribution in [-0.2, 0) is 0 Å². The fourth-order valence-corrected chi connectivity index (χ4v) is 1.83. The Labute approximate surface area is 72.7 Å². The van der Waals surface area contributed by atoms with E-state index in [9.17, 15) is 8.78 Å². The van der Waals surface area contributed by atoms with Crippen LogP contribution < -0.4 is 0 Å². The van der Waals surface area contributed by atoms with Gasteiger partial charge in [0.1, 0.15) is 0 Å². The van der Waals surface area contributed by atoms with Crippen molar-refractivity contribution in [3.05, 3.63) is 0 Å². The number of nitrogens with zero attached hydrogens (tertiary/aromatic N) is 1. The standard InChI is InChI=1S/C9H17F2N/c1-3-8-5-6-12(4-2)7-9(8,10)11/h8H,3-7H2,1-2H3. The van der Waals surface area contributed by atoms with E-state index in [1.54, 1.807) is 0 Å². The summed E-state index contributed by atoms with van der Waals surface area (Å²) in [5.74, 6) is -2.84. The van der Waals surface area contributed by atoms with Crippen LogP contribution >= 0.6 is 0 Å². The Hall–Kier alpha value is -0.180. The topological polar surface area (TPSA) is 3.24 Å². The lowest BCUT2D eigenvalue weighted by atomic mass is 9.90. The predicted molar refractivity (Wildman–Crippen MR) is 45.5 cm³/mol. The van der Waals surface area contributed by atoms with Crippen LogP contribution in [-0.4, -0.2) is 30.5 Å². The normalized spacial score (nSPS) is 30.5. The lowest BCUT2D eigenvalue weighted by molar-refractivity contribution is -0.110. The molecule has 1 unspecified atom stereocenters. The molecule has 0 N–H and O–H groups in total. The molecule has 1 saturated heterocycles. The second-order valence-corrected chi connectivity index (χ2v) is 3.52. The van der Waals surface area contributed by atoms with E-state index in [0.717, 1.165) is 13.1 Å². The number of rotatable bonds is 2. The largest absolute Gasteiger partial charge is 0.298 e. The number of hydrogen-bond donors (Lipinski definition) is 0. The fourth-order valence-electron chi connectivity index (χ4n) is 1.83. The molecule has 72 valence electrons. The molecule has 3 heteroatoms. The van der Waals surface area contributed by atoms with Gasteiger partial charge in [-0.05, 0) is 25.9 Å². The minimum Gasteiger partial charge on any atom is -0.298 e. The highest BCUT2D eigenvalue weighted by molar-refractivity contribution is 4.85. The quantitative estimate of drug-likeness (QED) is 0.626. The van der Waals surface area contributed by atoms with Gasteiger partial charge in [0, 0.05) is 5.92 Å². The second-order valence-electron chi connectivity index (χ2n) is 3.52. The van der Waals surface area contributed by atoms with Crippen LogP contribution in [0.2, 0.25) is 0 Å². The first-order valence-corrected chi connectivity index (χ1v) is 4.70. The van der Waals surface area contributed by atoms with Crippen molar-refractivity contribution in [2.45, 2.75) is 32.6 Å². The summed E-state index contributed by atoms with van der Waals surface area (Å²) in [6, 6.07) is 0. The maximum Gasteiger partial charge on any atom is 0.263 e. The third kappa shape index (κ3) is 1.94. The van der Waals surface area contributed by atoms with Gasteiger partial charge >= 0.3 is 0 Å². The summed E-state index contributed by atoms with van der Waals surface area (Å²) in [5, 5.41) is 0. The van der Waals surface area contributed by atoms with Crippen LogP contribution in [0.1, 0.15) is 26.7 Å². The molecule has 0 spiro atoms. The van der Waals surface area contributed by atoms with E-state index in [1.165, 1.54) is 0 Å². The minimum atomic E-state index is -2.46. The zero-order chi connectivity index (χ0) is 9.19. The first kappa shape index (κ1) is 9.90. The van der Waals surface area contributed by atoms with Gasteiger partial charge in [-0.3, -0.25) is 4.90 Å². The number of halogens is 2. The summed E-state index contributed by atoms with van der Waals surface area (Å²) in [6.45, 7) is 5.32. The average molecular weight is 177 g/mol. The van der Waals surface area contributed by atoms with Crippen molar-refractivity contribution >= 4 is 0 Å². The van der Waals surface area contributed by atoms with Gasteiger partial charge in [-0.2, -0.15) is 0 Å². The molecule has 0 saturated carbocycles. The summed E-state index contributed by atoms with van der Waals surface area (Å²) < 4.78 is 26.5. The molecule has 1 atom stereocenters. The molecule has 0 aromatic rings. The summed E-state index contributed by atoms with van der Waals surface area (Å²) in [6.07, 6.45) is 1.25. The molecule has 12 heavy (non-hydrogen) atoms. The lowest BCUT2D eigenvalue weighted by Gasteiger charge is -2.37. The Balaban J connectivity index is 2.54. The van der Waals surface area contributed by atoms with E-state index < -0.39 is 5.92 Å². The zero-order valence-electron chi connectivity index (χ0n) is 7.82. The SMILES string of the molecule is CCC1CCN(CC)CC1(F)F. The lowest BCUT2D eigenvalue weighted by Crippen LogP contribution is -2.48. The van der Waals surface area contributed by atoms with Gasteiger partial charge in [-0.25, -0.2) is 8.78 Å².